The molecule has 1 aromatic carbocycles. The van der Waals surface area contributed by atoms with E-state index in [0.717, 1.165) is 0 Å². The molecule has 6 heteroatoms. The van der Waals surface area contributed by atoms with Crippen LogP contribution in [0.1, 0.15) is 24.4 Å². The quantitative estimate of drug-likeness (QED) is 0.839. The van der Waals surface area contributed by atoms with Crippen LogP contribution in [0.4, 0.5) is 8.78 Å². The second-order valence-electron chi connectivity index (χ2n) is 3.30. The highest BCUT2D eigenvalue weighted by atomic mass is 79.9. The Balaban J connectivity index is 2.87. The van der Waals surface area contributed by atoms with Crippen molar-refractivity contribution in [1.82, 2.24) is 0 Å². The van der Waals surface area contributed by atoms with Gasteiger partial charge in [-0.15, -0.1) is 0 Å². The highest BCUT2D eigenvalue weighted by Crippen LogP contribution is 2.26. The molecule has 0 spiro atoms. The number of benzene rings is 1. The van der Waals surface area contributed by atoms with Crippen molar-refractivity contribution in [3.63, 3.8) is 0 Å². The Hall–Kier alpha value is -1.01. The lowest BCUT2D eigenvalue weighted by Gasteiger charge is -2.12. The van der Waals surface area contributed by atoms with Crippen molar-refractivity contribution in [1.29, 1.82) is 0 Å². The summed E-state index contributed by atoms with van der Waals surface area (Å²) in [7, 11) is 0. The smallest absolute Gasteiger partial charge is 0.303 e. The lowest BCUT2D eigenvalue weighted by molar-refractivity contribution is -0.137. The molecule has 0 heterocycles. The summed E-state index contributed by atoms with van der Waals surface area (Å²) in [6.45, 7) is 0. The molecule has 16 heavy (non-hydrogen) atoms. The van der Waals surface area contributed by atoms with Gasteiger partial charge < -0.3 is 10.8 Å². The molecule has 0 bridgehead atoms. The number of halogens is 3. The minimum Gasteiger partial charge on any atom is -0.481 e. The molecule has 0 aliphatic carbocycles. The molecule has 3 nitrogen and oxygen atoms in total. The van der Waals surface area contributed by atoms with Crippen molar-refractivity contribution in [2.75, 3.05) is 0 Å². The zero-order chi connectivity index (χ0) is 12.3. The fourth-order valence-corrected chi connectivity index (χ4v) is 1.57. The number of rotatable bonds is 4. The van der Waals surface area contributed by atoms with Gasteiger partial charge in [0.25, 0.3) is 0 Å². The van der Waals surface area contributed by atoms with Gasteiger partial charge in [0.05, 0.1) is 4.47 Å². The number of hydrogen-bond acceptors (Lipinski definition) is 2. The van der Waals surface area contributed by atoms with E-state index in [0.29, 0.717) is 0 Å². The number of aliphatic carboxylic acids is 1. The van der Waals surface area contributed by atoms with E-state index in [1.165, 1.54) is 12.1 Å². The van der Waals surface area contributed by atoms with E-state index in [9.17, 15) is 13.6 Å². The van der Waals surface area contributed by atoms with Gasteiger partial charge in [-0.1, -0.05) is 6.07 Å². The molecule has 3 N–H and O–H groups in total. The Labute approximate surface area is 99.4 Å². The molecule has 1 unspecified atom stereocenters. The van der Waals surface area contributed by atoms with Gasteiger partial charge in [-0.25, -0.2) is 8.78 Å². The van der Waals surface area contributed by atoms with Crippen LogP contribution in [0.2, 0.25) is 0 Å². The van der Waals surface area contributed by atoms with Crippen molar-refractivity contribution in [3.8, 4) is 0 Å². The van der Waals surface area contributed by atoms with Crippen LogP contribution in [0.15, 0.2) is 16.6 Å². The number of carboxylic acids is 1. The molecule has 0 aromatic heterocycles. The first kappa shape index (κ1) is 13.1. The maximum atomic E-state index is 13.4. The molecular formula is C10H10BrF2NO2. The molecule has 0 aliphatic rings. The van der Waals surface area contributed by atoms with Gasteiger partial charge in [0.2, 0.25) is 0 Å². The average Bonchev–Trinajstić information content (AvgIpc) is 2.23. The van der Waals surface area contributed by atoms with Crippen LogP contribution in [0.3, 0.4) is 0 Å². The summed E-state index contributed by atoms with van der Waals surface area (Å²) in [4.78, 5) is 10.3. The van der Waals surface area contributed by atoms with E-state index in [1.54, 1.807) is 0 Å². The molecule has 1 aromatic rings. The second kappa shape index (κ2) is 5.36. The summed E-state index contributed by atoms with van der Waals surface area (Å²) in [5.74, 6) is -3.07. The monoisotopic (exact) mass is 293 g/mol. The van der Waals surface area contributed by atoms with Gasteiger partial charge in [0, 0.05) is 18.0 Å². The SMILES string of the molecule is NC(CCC(=O)O)c1ccc(Br)c(F)c1F. The van der Waals surface area contributed by atoms with E-state index >= 15 is 0 Å². The van der Waals surface area contributed by atoms with Gasteiger partial charge in [-0.2, -0.15) is 0 Å². The minimum atomic E-state index is -1.03. The summed E-state index contributed by atoms with van der Waals surface area (Å²) in [6, 6.07) is 1.86. The van der Waals surface area contributed by atoms with Gasteiger partial charge in [-0.05, 0) is 28.4 Å². The van der Waals surface area contributed by atoms with Crippen molar-refractivity contribution in [3.05, 3.63) is 33.8 Å². The lowest BCUT2D eigenvalue weighted by atomic mass is 10.0. The van der Waals surface area contributed by atoms with Gasteiger partial charge in [-0.3, -0.25) is 4.79 Å². The fraction of sp³-hybridized carbons (Fsp3) is 0.300. The third-order valence-electron chi connectivity index (χ3n) is 2.13. The van der Waals surface area contributed by atoms with E-state index in [1.807, 2.05) is 0 Å². The van der Waals surface area contributed by atoms with E-state index in [2.05, 4.69) is 15.9 Å². The maximum absolute atomic E-state index is 13.4. The minimum absolute atomic E-state index is 0.0121. The molecule has 0 saturated heterocycles. The molecule has 0 saturated carbocycles. The standard InChI is InChI=1S/C10H10BrF2NO2/c11-6-2-1-5(9(12)10(6)13)7(14)3-4-8(15)16/h1-2,7H,3-4,14H2,(H,15,16). The second-order valence-corrected chi connectivity index (χ2v) is 4.16. The number of hydrogen-bond donors (Lipinski definition) is 2. The first-order chi connectivity index (χ1) is 7.43. The summed E-state index contributed by atoms with van der Waals surface area (Å²) < 4.78 is 26.6. The predicted molar refractivity (Wildman–Crippen MR) is 57.9 cm³/mol. The van der Waals surface area contributed by atoms with Crippen molar-refractivity contribution < 1.29 is 18.7 Å². The third kappa shape index (κ3) is 2.99. The molecule has 1 atom stereocenters. The largest absolute Gasteiger partial charge is 0.481 e. The van der Waals surface area contributed by atoms with Crippen LogP contribution in [0.5, 0.6) is 0 Å². The highest BCUT2D eigenvalue weighted by Gasteiger charge is 2.17. The molecule has 0 amide bonds. The summed E-state index contributed by atoms with van der Waals surface area (Å²) in [5.41, 5.74) is 5.57. The normalized spacial score (nSPS) is 12.5. The Morgan fingerprint density at radius 3 is 2.62 bits per heavy atom. The predicted octanol–water partition coefficient (Wildman–Crippen LogP) is 2.59. The molecule has 88 valence electrons. The Bertz CT molecular complexity index is 412. The summed E-state index contributed by atoms with van der Waals surface area (Å²) in [5, 5.41) is 8.45. The van der Waals surface area contributed by atoms with Gasteiger partial charge in [0.15, 0.2) is 11.6 Å². The van der Waals surface area contributed by atoms with Crippen molar-refractivity contribution >= 4 is 21.9 Å². The number of carbonyl (C=O) groups is 1. The van der Waals surface area contributed by atoms with Crippen LogP contribution in [-0.4, -0.2) is 11.1 Å². The lowest BCUT2D eigenvalue weighted by Crippen LogP contribution is -2.14. The van der Waals surface area contributed by atoms with E-state index in [-0.39, 0.29) is 22.9 Å². The number of nitrogens with two attached hydrogens (primary N) is 1. The Kier molecular flexibility index (Phi) is 4.37. The molecule has 0 radical (unpaired) electrons. The first-order valence-corrected chi connectivity index (χ1v) is 5.33. The van der Waals surface area contributed by atoms with Crippen molar-refractivity contribution in [2.24, 2.45) is 5.73 Å². The van der Waals surface area contributed by atoms with Crippen LogP contribution in [0, 0.1) is 11.6 Å². The average molecular weight is 294 g/mol. The Morgan fingerprint density at radius 1 is 1.44 bits per heavy atom. The highest BCUT2D eigenvalue weighted by molar-refractivity contribution is 9.10. The topological polar surface area (TPSA) is 63.3 Å². The molecule has 1 rings (SSSR count). The Morgan fingerprint density at radius 2 is 2.06 bits per heavy atom. The zero-order valence-corrected chi connectivity index (χ0v) is 9.80. The summed E-state index contributed by atoms with van der Waals surface area (Å²) >= 11 is 2.84. The zero-order valence-electron chi connectivity index (χ0n) is 8.21. The third-order valence-corrected chi connectivity index (χ3v) is 2.75. The number of carboxylic acid groups (broad SMARTS) is 1. The van der Waals surface area contributed by atoms with E-state index in [4.69, 9.17) is 10.8 Å². The van der Waals surface area contributed by atoms with Crippen LogP contribution >= 0.6 is 15.9 Å². The first-order valence-electron chi connectivity index (χ1n) is 4.54. The van der Waals surface area contributed by atoms with Gasteiger partial charge >= 0.3 is 5.97 Å². The van der Waals surface area contributed by atoms with Crippen LogP contribution in [-0.2, 0) is 4.79 Å². The van der Waals surface area contributed by atoms with Gasteiger partial charge in [0.1, 0.15) is 0 Å². The van der Waals surface area contributed by atoms with Crippen LogP contribution in [0.25, 0.3) is 0 Å². The summed E-state index contributed by atoms with van der Waals surface area (Å²) in [6.07, 6.45) is -0.119. The van der Waals surface area contributed by atoms with Crippen LogP contribution < -0.4 is 5.73 Å². The van der Waals surface area contributed by atoms with E-state index < -0.39 is 23.6 Å². The fourth-order valence-electron chi connectivity index (χ4n) is 1.26. The van der Waals surface area contributed by atoms with Crippen molar-refractivity contribution in [2.45, 2.75) is 18.9 Å². The molecule has 0 aliphatic heterocycles. The maximum Gasteiger partial charge on any atom is 0.303 e. The molecular weight excluding hydrogens is 284 g/mol. The molecule has 0 fully saturated rings.